The number of aromatic nitrogens is 3. The summed E-state index contributed by atoms with van der Waals surface area (Å²) in [5.74, 6) is 0.921. The molecule has 0 unspecified atom stereocenters. The molecule has 0 atom stereocenters. The molecular formula is C9H16N4. The second-order valence-corrected chi connectivity index (χ2v) is 4.03. The highest BCUT2D eigenvalue weighted by molar-refractivity contribution is 4.97. The lowest BCUT2D eigenvalue weighted by Crippen LogP contribution is -2.44. The first-order valence-corrected chi connectivity index (χ1v) is 4.92. The van der Waals surface area contributed by atoms with Crippen LogP contribution in [-0.2, 0) is 6.42 Å². The van der Waals surface area contributed by atoms with Crippen LogP contribution in [-0.4, -0.2) is 20.7 Å². The molecule has 0 aliphatic heterocycles. The Bertz CT molecular complexity index is 249. The van der Waals surface area contributed by atoms with E-state index < -0.39 is 0 Å². The molecule has 0 bridgehead atoms. The monoisotopic (exact) mass is 180 g/mol. The quantitative estimate of drug-likeness (QED) is 0.713. The molecule has 4 nitrogen and oxygen atoms in total. The number of hydrogen-bond acceptors (Lipinski definition) is 3. The SMILES string of the molecule is NC1(Cc2ncn[nH]2)CCCCC1. The molecule has 0 aromatic carbocycles. The van der Waals surface area contributed by atoms with Crippen molar-refractivity contribution in [1.29, 1.82) is 0 Å². The maximum absolute atomic E-state index is 6.26. The summed E-state index contributed by atoms with van der Waals surface area (Å²) in [5, 5.41) is 6.70. The van der Waals surface area contributed by atoms with Crippen LogP contribution < -0.4 is 5.73 Å². The molecule has 13 heavy (non-hydrogen) atoms. The molecule has 3 N–H and O–H groups in total. The van der Waals surface area contributed by atoms with E-state index in [1.165, 1.54) is 19.3 Å². The third kappa shape index (κ3) is 2.06. The Labute approximate surface area is 77.9 Å². The standard InChI is InChI=1S/C9H16N4/c10-9(4-2-1-3-5-9)6-8-11-7-12-13-8/h7H,1-6,10H2,(H,11,12,13). The van der Waals surface area contributed by atoms with Gasteiger partial charge in [-0.25, -0.2) is 4.98 Å². The minimum Gasteiger partial charge on any atom is -0.325 e. The molecule has 72 valence electrons. The molecule has 1 aliphatic rings. The van der Waals surface area contributed by atoms with E-state index >= 15 is 0 Å². The van der Waals surface area contributed by atoms with Gasteiger partial charge in [-0.1, -0.05) is 19.3 Å². The van der Waals surface area contributed by atoms with Crippen LogP contribution in [0.3, 0.4) is 0 Å². The van der Waals surface area contributed by atoms with Crippen molar-refractivity contribution in [3.05, 3.63) is 12.2 Å². The highest BCUT2D eigenvalue weighted by atomic mass is 15.2. The molecule has 1 saturated carbocycles. The molecule has 0 spiro atoms. The second kappa shape index (κ2) is 3.46. The van der Waals surface area contributed by atoms with Gasteiger partial charge >= 0.3 is 0 Å². The van der Waals surface area contributed by atoms with Gasteiger partial charge in [0, 0.05) is 12.0 Å². The maximum atomic E-state index is 6.26. The van der Waals surface area contributed by atoms with E-state index in [-0.39, 0.29) is 5.54 Å². The zero-order valence-corrected chi connectivity index (χ0v) is 7.79. The summed E-state index contributed by atoms with van der Waals surface area (Å²) >= 11 is 0. The summed E-state index contributed by atoms with van der Waals surface area (Å²) in [4.78, 5) is 4.11. The first-order chi connectivity index (χ1) is 6.29. The largest absolute Gasteiger partial charge is 0.325 e. The highest BCUT2D eigenvalue weighted by Crippen LogP contribution is 2.27. The van der Waals surface area contributed by atoms with Crippen LogP contribution in [0.1, 0.15) is 37.9 Å². The lowest BCUT2D eigenvalue weighted by atomic mass is 9.80. The molecule has 2 rings (SSSR count). The Kier molecular flexibility index (Phi) is 2.31. The molecule has 4 heteroatoms. The zero-order chi connectivity index (χ0) is 9.15. The van der Waals surface area contributed by atoms with Gasteiger partial charge in [0.15, 0.2) is 0 Å². The summed E-state index contributed by atoms with van der Waals surface area (Å²) in [6.07, 6.45) is 8.46. The molecule has 0 amide bonds. The minimum atomic E-state index is -0.0300. The van der Waals surface area contributed by atoms with Gasteiger partial charge in [0.1, 0.15) is 12.2 Å². The lowest BCUT2D eigenvalue weighted by molar-refractivity contribution is 0.290. The van der Waals surface area contributed by atoms with Crippen LogP contribution in [0.25, 0.3) is 0 Å². The number of rotatable bonds is 2. The summed E-state index contributed by atoms with van der Waals surface area (Å²) in [6.45, 7) is 0. The lowest BCUT2D eigenvalue weighted by Gasteiger charge is -2.32. The van der Waals surface area contributed by atoms with E-state index in [2.05, 4.69) is 15.2 Å². The summed E-state index contributed by atoms with van der Waals surface area (Å²) in [5.41, 5.74) is 6.23. The third-order valence-electron chi connectivity index (χ3n) is 2.83. The zero-order valence-electron chi connectivity index (χ0n) is 7.79. The van der Waals surface area contributed by atoms with Crippen molar-refractivity contribution in [2.24, 2.45) is 5.73 Å². The van der Waals surface area contributed by atoms with E-state index in [1.807, 2.05) is 0 Å². The normalized spacial score (nSPS) is 21.6. The van der Waals surface area contributed by atoms with Gasteiger partial charge in [0.05, 0.1) is 0 Å². The third-order valence-corrected chi connectivity index (χ3v) is 2.83. The summed E-state index contributed by atoms with van der Waals surface area (Å²) in [6, 6.07) is 0. The van der Waals surface area contributed by atoms with E-state index in [9.17, 15) is 0 Å². The average Bonchev–Trinajstić information content (AvgIpc) is 2.57. The van der Waals surface area contributed by atoms with Gasteiger partial charge in [0.25, 0.3) is 0 Å². The predicted molar refractivity (Wildman–Crippen MR) is 50.1 cm³/mol. The smallest absolute Gasteiger partial charge is 0.137 e. The number of nitrogens with one attached hydrogen (secondary N) is 1. The van der Waals surface area contributed by atoms with E-state index in [0.717, 1.165) is 25.1 Å². The van der Waals surface area contributed by atoms with Gasteiger partial charge in [-0.3, -0.25) is 5.10 Å². The number of nitrogens with two attached hydrogens (primary N) is 1. The number of aromatic amines is 1. The number of H-pyrrole nitrogens is 1. The van der Waals surface area contributed by atoms with Gasteiger partial charge in [-0.2, -0.15) is 5.10 Å². The van der Waals surface area contributed by atoms with Crippen molar-refractivity contribution in [1.82, 2.24) is 15.2 Å². The minimum absolute atomic E-state index is 0.0300. The van der Waals surface area contributed by atoms with Crippen molar-refractivity contribution >= 4 is 0 Å². The fourth-order valence-corrected chi connectivity index (χ4v) is 2.08. The predicted octanol–water partition coefficient (Wildman–Crippen LogP) is 1.01. The van der Waals surface area contributed by atoms with Gasteiger partial charge in [-0.15, -0.1) is 0 Å². The Morgan fingerprint density at radius 2 is 2.15 bits per heavy atom. The Balaban J connectivity index is 1.99. The summed E-state index contributed by atoms with van der Waals surface area (Å²) in [7, 11) is 0. The molecule has 1 aliphatic carbocycles. The molecule has 1 aromatic rings. The molecule has 0 radical (unpaired) electrons. The maximum Gasteiger partial charge on any atom is 0.137 e. The van der Waals surface area contributed by atoms with Crippen molar-refractivity contribution < 1.29 is 0 Å². The Hall–Kier alpha value is -0.900. The van der Waals surface area contributed by atoms with Crippen LogP contribution in [0.4, 0.5) is 0 Å². The van der Waals surface area contributed by atoms with Gasteiger partial charge in [-0.05, 0) is 12.8 Å². The van der Waals surface area contributed by atoms with Gasteiger partial charge in [0.2, 0.25) is 0 Å². The van der Waals surface area contributed by atoms with Crippen LogP contribution in [0, 0.1) is 0 Å². The van der Waals surface area contributed by atoms with Crippen LogP contribution in [0.15, 0.2) is 6.33 Å². The van der Waals surface area contributed by atoms with E-state index in [0.29, 0.717) is 0 Å². The van der Waals surface area contributed by atoms with Crippen molar-refractivity contribution in [2.45, 2.75) is 44.1 Å². The Morgan fingerprint density at radius 1 is 1.38 bits per heavy atom. The number of hydrogen-bond donors (Lipinski definition) is 2. The van der Waals surface area contributed by atoms with Crippen molar-refractivity contribution in [2.75, 3.05) is 0 Å². The van der Waals surface area contributed by atoms with Crippen LogP contribution in [0.2, 0.25) is 0 Å². The average molecular weight is 180 g/mol. The molecule has 1 aromatic heterocycles. The van der Waals surface area contributed by atoms with Crippen molar-refractivity contribution in [3.8, 4) is 0 Å². The van der Waals surface area contributed by atoms with Crippen molar-refractivity contribution in [3.63, 3.8) is 0 Å². The highest BCUT2D eigenvalue weighted by Gasteiger charge is 2.28. The van der Waals surface area contributed by atoms with Crippen LogP contribution >= 0.6 is 0 Å². The van der Waals surface area contributed by atoms with Crippen LogP contribution in [0.5, 0.6) is 0 Å². The molecule has 0 saturated heterocycles. The van der Waals surface area contributed by atoms with E-state index in [4.69, 9.17) is 5.73 Å². The fourth-order valence-electron chi connectivity index (χ4n) is 2.08. The first kappa shape index (κ1) is 8.69. The van der Waals surface area contributed by atoms with Gasteiger partial charge < -0.3 is 5.73 Å². The number of nitrogens with zero attached hydrogens (tertiary/aromatic N) is 2. The fraction of sp³-hybridized carbons (Fsp3) is 0.778. The topological polar surface area (TPSA) is 67.6 Å². The molecule has 1 heterocycles. The second-order valence-electron chi connectivity index (χ2n) is 4.03. The Morgan fingerprint density at radius 3 is 2.77 bits per heavy atom. The first-order valence-electron chi connectivity index (χ1n) is 4.92. The molecule has 1 fully saturated rings. The molecular weight excluding hydrogens is 164 g/mol. The summed E-state index contributed by atoms with van der Waals surface area (Å²) < 4.78 is 0. The van der Waals surface area contributed by atoms with E-state index in [1.54, 1.807) is 6.33 Å².